The van der Waals surface area contributed by atoms with E-state index in [9.17, 15) is 4.79 Å². The number of carbonyl (C=O) groups is 1. The lowest BCUT2D eigenvalue weighted by Gasteiger charge is -2.19. The average Bonchev–Trinajstić information content (AvgIpc) is 3.26. The van der Waals surface area contributed by atoms with Crippen molar-refractivity contribution in [1.29, 1.82) is 0 Å². The van der Waals surface area contributed by atoms with Gasteiger partial charge in [0.15, 0.2) is 0 Å². The SMILES string of the molecule is Cc1cccnc1[C@H](NC(=O)CCc1nncn1C)C1CC1. The summed E-state index contributed by atoms with van der Waals surface area (Å²) in [5.74, 6) is 1.39. The summed E-state index contributed by atoms with van der Waals surface area (Å²) in [5, 5.41) is 11.0. The molecule has 0 spiro atoms. The summed E-state index contributed by atoms with van der Waals surface area (Å²) in [4.78, 5) is 16.8. The van der Waals surface area contributed by atoms with Gasteiger partial charge in [0.05, 0.1) is 11.7 Å². The molecule has 6 heteroatoms. The van der Waals surface area contributed by atoms with E-state index in [2.05, 4.69) is 20.5 Å². The number of hydrogen-bond acceptors (Lipinski definition) is 4. The van der Waals surface area contributed by atoms with Gasteiger partial charge in [-0.05, 0) is 37.3 Å². The number of carbonyl (C=O) groups excluding carboxylic acids is 1. The van der Waals surface area contributed by atoms with Gasteiger partial charge in [-0.25, -0.2) is 0 Å². The zero-order chi connectivity index (χ0) is 15.5. The molecule has 1 saturated carbocycles. The number of pyridine rings is 1. The van der Waals surface area contributed by atoms with Crippen LogP contribution in [0.2, 0.25) is 0 Å². The van der Waals surface area contributed by atoms with E-state index < -0.39 is 0 Å². The van der Waals surface area contributed by atoms with Crippen LogP contribution in [0.15, 0.2) is 24.7 Å². The molecule has 6 nitrogen and oxygen atoms in total. The second-order valence-corrected chi connectivity index (χ2v) is 5.95. The van der Waals surface area contributed by atoms with Crippen molar-refractivity contribution in [2.75, 3.05) is 0 Å². The van der Waals surface area contributed by atoms with Crippen molar-refractivity contribution in [3.8, 4) is 0 Å². The van der Waals surface area contributed by atoms with E-state index in [-0.39, 0.29) is 11.9 Å². The lowest BCUT2D eigenvalue weighted by Crippen LogP contribution is -2.31. The highest BCUT2D eigenvalue weighted by atomic mass is 16.1. The minimum absolute atomic E-state index is 0.0354. The highest BCUT2D eigenvalue weighted by Gasteiger charge is 2.34. The number of aromatic nitrogens is 4. The van der Waals surface area contributed by atoms with E-state index in [4.69, 9.17) is 0 Å². The Hall–Kier alpha value is -2.24. The summed E-state index contributed by atoms with van der Waals surface area (Å²) in [6.45, 7) is 2.05. The van der Waals surface area contributed by atoms with Gasteiger partial charge in [-0.15, -0.1) is 10.2 Å². The Morgan fingerprint density at radius 3 is 2.95 bits per heavy atom. The van der Waals surface area contributed by atoms with Crippen molar-refractivity contribution < 1.29 is 4.79 Å². The van der Waals surface area contributed by atoms with Crippen molar-refractivity contribution in [2.24, 2.45) is 13.0 Å². The molecular formula is C16H21N5O. The van der Waals surface area contributed by atoms with Crippen LogP contribution in [0.3, 0.4) is 0 Å². The Kier molecular flexibility index (Phi) is 4.18. The Bertz CT molecular complexity index is 662. The predicted octanol–water partition coefficient (Wildman–Crippen LogP) is 1.72. The lowest BCUT2D eigenvalue weighted by atomic mass is 10.0. The first kappa shape index (κ1) is 14.7. The maximum Gasteiger partial charge on any atom is 0.220 e. The third kappa shape index (κ3) is 3.32. The fourth-order valence-electron chi connectivity index (χ4n) is 2.67. The second kappa shape index (κ2) is 6.25. The van der Waals surface area contributed by atoms with Crippen LogP contribution >= 0.6 is 0 Å². The minimum Gasteiger partial charge on any atom is -0.347 e. The molecule has 0 unspecified atom stereocenters. The van der Waals surface area contributed by atoms with Gasteiger partial charge in [-0.3, -0.25) is 9.78 Å². The van der Waals surface area contributed by atoms with Crippen molar-refractivity contribution in [3.63, 3.8) is 0 Å². The van der Waals surface area contributed by atoms with Gasteiger partial charge >= 0.3 is 0 Å². The van der Waals surface area contributed by atoms with E-state index in [1.807, 2.05) is 30.7 Å². The van der Waals surface area contributed by atoms with Crippen LogP contribution in [0.5, 0.6) is 0 Å². The first-order valence-electron chi connectivity index (χ1n) is 7.69. The molecule has 2 aromatic heterocycles. The van der Waals surface area contributed by atoms with Crippen molar-refractivity contribution >= 4 is 5.91 Å². The van der Waals surface area contributed by atoms with E-state index in [1.165, 1.54) is 0 Å². The monoisotopic (exact) mass is 299 g/mol. The van der Waals surface area contributed by atoms with E-state index in [0.29, 0.717) is 18.8 Å². The third-order valence-electron chi connectivity index (χ3n) is 4.14. The van der Waals surface area contributed by atoms with Gasteiger partial charge in [0, 0.05) is 26.1 Å². The average molecular weight is 299 g/mol. The van der Waals surface area contributed by atoms with Crippen LogP contribution in [0.1, 0.15) is 42.4 Å². The van der Waals surface area contributed by atoms with Gasteiger partial charge in [0.25, 0.3) is 0 Å². The Labute approximate surface area is 130 Å². The molecule has 3 rings (SSSR count). The second-order valence-electron chi connectivity index (χ2n) is 5.95. The standard InChI is InChI=1S/C16H21N5O/c1-11-4-3-9-17-15(11)16(12-5-6-12)19-14(22)8-7-13-20-18-10-21(13)2/h3-4,9-10,12,16H,5-8H2,1-2H3,(H,19,22)/t16-/m1/s1. The van der Waals surface area contributed by atoms with Gasteiger partial charge in [0.1, 0.15) is 12.2 Å². The highest BCUT2D eigenvalue weighted by Crippen LogP contribution is 2.41. The Morgan fingerprint density at radius 2 is 2.32 bits per heavy atom. The van der Waals surface area contributed by atoms with E-state index >= 15 is 0 Å². The summed E-state index contributed by atoms with van der Waals surface area (Å²) in [6, 6.07) is 4.01. The molecule has 0 bridgehead atoms. The number of amides is 1. The van der Waals surface area contributed by atoms with Crippen LogP contribution in [0.4, 0.5) is 0 Å². The first-order valence-corrected chi connectivity index (χ1v) is 7.69. The lowest BCUT2D eigenvalue weighted by molar-refractivity contribution is -0.122. The zero-order valence-corrected chi connectivity index (χ0v) is 13.0. The number of nitrogens with one attached hydrogen (secondary N) is 1. The quantitative estimate of drug-likeness (QED) is 0.881. The fraction of sp³-hybridized carbons (Fsp3) is 0.500. The number of rotatable bonds is 6. The Morgan fingerprint density at radius 1 is 1.50 bits per heavy atom. The van der Waals surface area contributed by atoms with Crippen LogP contribution in [0.25, 0.3) is 0 Å². The highest BCUT2D eigenvalue weighted by molar-refractivity contribution is 5.76. The predicted molar refractivity (Wildman–Crippen MR) is 81.9 cm³/mol. The summed E-state index contributed by atoms with van der Waals surface area (Å²) >= 11 is 0. The molecule has 2 aromatic rings. The molecule has 116 valence electrons. The maximum atomic E-state index is 12.3. The summed E-state index contributed by atoms with van der Waals surface area (Å²) in [7, 11) is 1.89. The molecule has 0 saturated heterocycles. The molecule has 0 radical (unpaired) electrons. The largest absolute Gasteiger partial charge is 0.347 e. The summed E-state index contributed by atoms with van der Waals surface area (Å²) in [6.07, 6.45) is 6.78. The molecule has 0 aromatic carbocycles. The smallest absolute Gasteiger partial charge is 0.220 e. The molecule has 1 fully saturated rings. The van der Waals surface area contributed by atoms with E-state index in [1.54, 1.807) is 12.5 Å². The summed E-state index contributed by atoms with van der Waals surface area (Å²) in [5.41, 5.74) is 2.13. The number of aryl methyl sites for hydroxylation is 3. The molecule has 22 heavy (non-hydrogen) atoms. The molecule has 1 aliphatic rings. The van der Waals surface area contributed by atoms with Crippen LogP contribution in [-0.4, -0.2) is 25.7 Å². The number of nitrogens with zero attached hydrogens (tertiary/aromatic N) is 4. The first-order chi connectivity index (χ1) is 10.6. The van der Waals surface area contributed by atoms with Gasteiger partial charge < -0.3 is 9.88 Å². The van der Waals surface area contributed by atoms with Crippen molar-refractivity contribution in [2.45, 2.75) is 38.6 Å². The van der Waals surface area contributed by atoms with Gasteiger partial charge in [0.2, 0.25) is 5.91 Å². The van der Waals surface area contributed by atoms with Crippen molar-refractivity contribution in [1.82, 2.24) is 25.1 Å². The molecule has 0 aliphatic heterocycles. The van der Waals surface area contributed by atoms with Crippen LogP contribution in [-0.2, 0) is 18.3 Å². The molecular weight excluding hydrogens is 278 g/mol. The van der Waals surface area contributed by atoms with Gasteiger partial charge in [-0.2, -0.15) is 0 Å². The summed E-state index contributed by atoms with van der Waals surface area (Å²) < 4.78 is 1.84. The number of hydrogen-bond donors (Lipinski definition) is 1. The molecule has 1 atom stereocenters. The molecule has 1 aliphatic carbocycles. The molecule has 1 amide bonds. The van der Waals surface area contributed by atoms with E-state index in [0.717, 1.165) is 29.9 Å². The third-order valence-corrected chi connectivity index (χ3v) is 4.14. The maximum absolute atomic E-state index is 12.3. The van der Waals surface area contributed by atoms with Crippen LogP contribution in [0, 0.1) is 12.8 Å². The normalized spacial score (nSPS) is 15.5. The minimum atomic E-state index is 0.0354. The topological polar surface area (TPSA) is 72.7 Å². The van der Waals surface area contributed by atoms with Crippen molar-refractivity contribution in [3.05, 3.63) is 41.7 Å². The fourth-order valence-corrected chi connectivity index (χ4v) is 2.67. The van der Waals surface area contributed by atoms with Crippen LogP contribution < -0.4 is 5.32 Å². The zero-order valence-electron chi connectivity index (χ0n) is 13.0. The van der Waals surface area contributed by atoms with Gasteiger partial charge in [-0.1, -0.05) is 6.07 Å². The molecule has 1 N–H and O–H groups in total. The molecule has 2 heterocycles. The Balaban J connectivity index is 1.63.